The normalized spacial score (nSPS) is 11.0. The van der Waals surface area contributed by atoms with Gasteiger partial charge in [-0.3, -0.25) is 4.79 Å². The van der Waals surface area contributed by atoms with E-state index in [1.807, 2.05) is 23.6 Å². The second-order valence-electron chi connectivity index (χ2n) is 3.49. The van der Waals surface area contributed by atoms with Gasteiger partial charge in [-0.25, -0.2) is 0 Å². The van der Waals surface area contributed by atoms with Crippen LogP contribution in [0.5, 0.6) is 0 Å². The molecule has 1 heterocycles. The summed E-state index contributed by atoms with van der Waals surface area (Å²) in [6.07, 6.45) is 1.58. The Hall–Kier alpha value is -1.89. The number of halogens is 1. The molecule has 0 aliphatic carbocycles. The van der Waals surface area contributed by atoms with Gasteiger partial charge in [0.25, 0.3) is 0 Å². The van der Waals surface area contributed by atoms with Crippen LogP contribution >= 0.6 is 22.9 Å². The molecular weight excluding hydrogens is 266 g/mol. The van der Waals surface area contributed by atoms with Crippen molar-refractivity contribution in [2.24, 2.45) is 0 Å². The van der Waals surface area contributed by atoms with Crippen LogP contribution in [-0.4, -0.2) is 5.78 Å². The fraction of sp³-hybridized carbons (Fsp3) is 0. The molecule has 1 aromatic carbocycles. The molecule has 2 aromatic rings. The monoisotopic (exact) mass is 273 g/mol. The fourth-order valence-corrected chi connectivity index (χ4v) is 2.33. The summed E-state index contributed by atoms with van der Waals surface area (Å²) in [5.74, 6) is -0.350. The minimum atomic E-state index is -0.350. The molecule has 1 aromatic heterocycles. The highest BCUT2D eigenvalue weighted by Gasteiger charge is 2.14. The number of carbonyl (C=O) groups excluding carboxylic acids is 1. The van der Waals surface area contributed by atoms with Gasteiger partial charge in [-0.1, -0.05) is 29.8 Å². The van der Waals surface area contributed by atoms with Gasteiger partial charge in [0, 0.05) is 10.4 Å². The third-order valence-electron chi connectivity index (χ3n) is 2.31. The van der Waals surface area contributed by atoms with Crippen molar-refractivity contribution in [3.8, 4) is 6.07 Å². The SMILES string of the molecule is N#C/C(=C\c1cccs1)C(=O)c1ccccc1Cl. The van der Waals surface area contributed by atoms with Gasteiger partial charge in [-0.15, -0.1) is 11.3 Å². The van der Waals surface area contributed by atoms with Gasteiger partial charge < -0.3 is 0 Å². The van der Waals surface area contributed by atoms with Crippen LogP contribution in [0.1, 0.15) is 15.2 Å². The number of nitriles is 1. The first-order valence-corrected chi connectivity index (χ1v) is 6.42. The minimum Gasteiger partial charge on any atom is -0.288 e. The van der Waals surface area contributed by atoms with Crippen LogP contribution in [0.3, 0.4) is 0 Å². The second-order valence-corrected chi connectivity index (χ2v) is 4.88. The lowest BCUT2D eigenvalue weighted by Gasteiger charge is -2.01. The molecule has 88 valence electrons. The first-order chi connectivity index (χ1) is 8.72. The van der Waals surface area contributed by atoms with Crippen molar-refractivity contribution >= 4 is 34.8 Å². The highest BCUT2D eigenvalue weighted by Crippen LogP contribution is 2.21. The van der Waals surface area contributed by atoms with Gasteiger partial charge in [0.05, 0.1) is 5.02 Å². The number of rotatable bonds is 3. The molecule has 0 bridgehead atoms. The van der Waals surface area contributed by atoms with Gasteiger partial charge in [-0.05, 0) is 29.7 Å². The zero-order valence-corrected chi connectivity index (χ0v) is 10.8. The Bertz CT molecular complexity index is 638. The van der Waals surface area contributed by atoms with Crippen molar-refractivity contribution in [3.05, 3.63) is 62.8 Å². The third kappa shape index (κ3) is 2.67. The van der Waals surface area contributed by atoms with Crippen molar-refractivity contribution in [2.75, 3.05) is 0 Å². The molecule has 0 spiro atoms. The van der Waals surface area contributed by atoms with Gasteiger partial charge in [0.2, 0.25) is 5.78 Å². The molecule has 0 saturated carbocycles. The molecular formula is C14H8ClNOS. The molecule has 0 aliphatic rings. The molecule has 18 heavy (non-hydrogen) atoms. The minimum absolute atomic E-state index is 0.0885. The highest BCUT2D eigenvalue weighted by molar-refractivity contribution is 7.10. The second kappa shape index (κ2) is 5.63. The average molecular weight is 274 g/mol. The summed E-state index contributed by atoms with van der Waals surface area (Å²) in [6.45, 7) is 0. The third-order valence-corrected chi connectivity index (χ3v) is 3.46. The smallest absolute Gasteiger partial charge is 0.205 e. The summed E-state index contributed by atoms with van der Waals surface area (Å²) in [5.41, 5.74) is 0.439. The molecule has 0 aliphatic heterocycles. The standard InChI is InChI=1S/C14H8ClNOS/c15-13-6-2-1-5-12(13)14(17)10(9-16)8-11-4-3-7-18-11/h1-8H/b10-8+. The number of hydrogen-bond donors (Lipinski definition) is 0. The first-order valence-electron chi connectivity index (χ1n) is 5.17. The molecule has 0 atom stereocenters. The summed E-state index contributed by atoms with van der Waals surface area (Å²) < 4.78 is 0. The quantitative estimate of drug-likeness (QED) is 0.478. The molecule has 4 heteroatoms. The zero-order valence-electron chi connectivity index (χ0n) is 9.26. The Balaban J connectivity index is 2.39. The predicted molar refractivity (Wildman–Crippen MR) is 73.7 cm³/mol. The molecule has 2 nitrogen and oxygen atoms in total. The largest absolute Gasteiger partial charge is 0.288 e. The average Bonchev–Trinajstić information content (AvgIpc) is 2.88. The molecule has 0 fully saturated rings. The number of Topliss-reactive ketones (excluding diaryl/α,β-unsaturated/α-hetero) is 1. The Morgan fingerprint density at radius 2 is 2.06 bits per heavy atom. The van der Waals surface area contributed by atoms with E-state index in [0.717, 1.165) is 4.88 Å². The van der Waals surface area contributed by atoms with E-state index < -0.39 is 0 Å². The summed E-state index contributed by atoms with van der Waals surface area (Å²) >= 11 is 7.42. The van der Waals surface area contributed by atoms with E-state index in [-0.39, 0.29) is 11.4 Å². The predicted octanol–water partition coefficient (Wildman–Crippen LogP) is 4.19. The molecule has 0 N–H and O–H groups in total. The van der Waals surface area contributed by atoms with Crippen molar-refractivity contribution in [1.29, 1.82) is 5.26 Å². The van der Waals surface area contributed by atoms with E-state index in [1.54, 1.807) is 30.3 Å². The van der Waals surface area contributed by atoms with E-state index in [0.29, 0.717) is 10.6 Å². The number of benzene rings is 1. The van der Waals surface area contributed by atoms with Crippen LogP contribution in [0.2, 0.25) is 5.02 Å². The molecule has 2 rings (SSSR count). The van der Waals surface area contributed by atoms with E-state index >= 15 is 0 Å². The van der Waals surface area contributed by atoms with E-state index in [9.17, 15) is 4.79 Å². The van der Waals surface area contributed by atoms with Gasteiger partial charge in [-0.2, -0.15) is 5.26 Å². The Morgan fingerprint density at radius 1 is 1.28 bits per heavy atom. The number of nitrogens with zero attached hydrogens (tertiary/aromatic N) is 1. The Labute approximate surface area is 114 Å². The van der Waals surface area contributed by atoms with Gasteiger partial charge in [0.1, 0.15) is 11.6 Å². The van der Waals surface area contributed by atoms with E-state index in [4.69, 9.17) is 16.9 Å². The summed E-state index contributed by atoms with van der Waals surface area (Å²) in [7, 11) is 0. The van der Waals surface area contributed by atoms with Crippen molar-refractivity contribution < 1.29 is 4.79 Å². The Morgan fingerprint density at radius 3 is 2.67 bits per heavy atom. The highest BCUT2D eigenvalue weighted by atomic mass is 35.5. The maximum atomic E-state index is 12.2. The van der Waals surface area contributed by atoms with Gasteiger partial charge in [0.15, 0.2) is 0 Å². The summed E-state index contributed by atoms with van der Waals surface area (Å²) in [5, 5.41) is 11.3. The van der Waals surface area contributed by atoms with E-state index in [1.165, 1.54) is 11.3 Å². The van der Waals surface area contributed by atoms with Gasteiger partial charge >= 0.3 is 0 Å². The van der Waals surface area contributed by atoms with E-state index in [2.05, 4.69) is 0 Å². The van der Waals surface area contributed by atoms with Crippen LogP contribution in [0.15, 0.2) is 47.4 Å². The van der Waals surface area contributed by atoms with Crippen LogP contribution in [-0.2, 0) is 0 Å². The van der Waals surface area contributed by atoms with Crippen molar-refractivity contribution in [1.82, 2.24) is 0 Å². The maximum absolute atomic E-state index is 12.2. The number of thiophene rings is 1. The zero-order chi connectivity index (χ0) is 13.0. The molecule has 0 saturated heterocycles. The number of ketones is 1. The summed E-state index contributed by atoms with van der Waals surface area (Å²) in [4.78, 5) is 13.0. The van der Waals surface area contributed by atoms with Crippen LogP contribution < -0.4 is 0 Å². The van der Waals surface area contributed by atoms with Crippen molar-refractivity contribution in [3.63, 3.8) is 0 Å². The lowest BCUT2D eigenvalue weighted by molar-refractivity contribution is 0.104. The van der Waals surface area contributed by atoms with Crippen molar-refractivity contribution in [2.45, 2.75) is 0 Å². The first kappa shape index (κ1) is 12.6. The maximum Gasteiger partial charge on any atom is 0.205 e. The van der Waals surface area contributed by atoms with Crippen LogP contribution in [0.4, 0.5) is 0 Å². The van der Waals surface area contributed by atoms with Crippen LogP contribution in [0, 0.1) is 11.3 Å². The molecule has 0 amide bonds. The number of hydrogen-bond acceptors (Lipinski definition) is 3. The lowest BCUT2D eigenvalue weighted by Crippen LogP contribution is -2.02. The number of carbonyl (C=O) groups is 1. The molecule has 0 radical (unpaired) electrons. The molecule has 0 unspecified atom stereocenters. The number of allylic oxidation sites excluding steroid dienone is 1. The Kier molecular flexibility index (Phi) is 3.93. The summed E-state index contributed by atoms with van der Waals surface area (Å²) in [6, 6.07) is 12.4. The lowest BCUT2D eigenvalue weighted by atomic mass is 10.0. The van der Waals surface area contributed by atoms with Crippen LogP contribution in [0.25, 0.3) is 6.08 Å². The topological polar surface area (TPSA) is 40.9 Å². The fourth-order valence-electron chi connectivity index (χ4n) is 1.45.